The quantitative estimate of drug-likeness (QED) is 0.503. The highest BCUT2D eigenvalue weighted by Crippen LogP contribution is 2.20. The molecule has 28 heavy (non-hydrogen) atoms. The standard InChI is InChI=1S/C24H23NO3/c1-16-11-12-17(2)22(15-16)25-24(27)18(3)28-23(26)14-13-20-9-6-8-19-7-4-5-10-21(19)20/h4-15,18H,1-3H3,(H,25,27)/b14-13+/t18-/m1/s1. The molecule has 142 valence electrons. The van der Waals surface area contributed by atoms with Crippen molar-refractivity contribution in [1.29, 1.82) is 0 Å². The van der Waals surface area contributed by atoms with E-state index >= 15 is 0 Å². The van der Waals surface area contributed by atoms with Crippen LogP contribution in [0.15, 0.2) is 66.7 Å². The van der Waals surface area contributed by atoms with Gasteiger partial charge in [-0.1, -0.05) is 54.6 Å². The molecule has 3 aromatic rings. The van der Waals surface area contributed by atoms with Crippen LogP contribution in [0.25, 0.3) is 16.8 Å². The lowest BCUT2D eigenvalue weighted by atomic mass is 10.0. The zero-order chi connectivity index (χ0) is 20.1. The Balaban J connectivity index is 1.64. The van der Waals surface area contributed by atoms with Gasteiger partial charge in [0.05, 0.1) is 0 Å². The molecule has 1 N–H and O–H groups in total. The lowest BCUT2D eigenvalue weighted by Gasteiger charge is -2.14. The Labute approximate surface area is 164 Å². The van der Waals surface area contributed by atoms with Crippen molar-refractivity contribution in [3.8, 4) is 0 Å². The molecule has 1 amide bonds. The predicted molar refractivity (Wildman–Crippen MR) is 113 cm³/mol. The molecule has 4 heteroatoms. The maximum absolute atomic E-state index is 12.3. The van der Waals surface area contributed by atoms with Gasteiger partial charge in [-0.15, -0.1) is 0 Å². The number of nitrogens with one attached hydrogen (secondary N) is 1. The molecule has 0 aliphatic carbocycles. The Hall–Kier alpha value is -3.40. The van der Waals surface area contributed by atoms with Gasteiger partial charge in [0.1, 0.15) is 0 Å². The molecular formula is C24H23NO3. The number of aryl methyl sites for hydroxylation is 2. The van der Waals surface area contributed by atoms with Crippen LogP contribution in [0.4, 0.5) is 5.69 Å². The highest BCUT2D eigenvalue weighted by Gasteiger charge is 2.17. The molecular weight excluding hydrogens is 350 g/mol. The first-order valence-corrected chi connectivity index (χ1v) is 9.18. The molecule has 4 nitrogen and oxygen atoms in total. The molecule has 0 spiro atoms. The first kappa shape index (κ1) is 19.4. The van der Waals surface area contributed by atoms with Gasteiger partial charge in [-0.05, 0) is 60.4 Å². The molecule has 0 saturated heterocycles. The lowest BCUT2D eigenvalue weighted by Crippen LogP contribution is -2.29. The Morgan fingerprint density at radius 2 is 1.75 bits per heavy atom. The first-order valence-electron chi connectivity index (χ1n) is 9.18. The maximum atomic E-state index is 12.3. The van der Waals surface area contributed by atoms with Crippen LogP contribution in [0, 0.1) is 13.8 Å². The largest absolute Gasteiger partial charge is 0.449 e. The summed E-state index contributed by atoms with van der Waals surface area (Å²) in [5.41, 5.74) is 3.64. The summed E-state index contributed by atoms with van der Waals surface area (Å²) in [5.74, 6) is -0.919. The fourth-order valence-electron chi connectivity index (χ4n) is 2.93. The van der Waals surface area contributed by atoms with Crippen molar-refractivity contribution < 1.29 is 14.3 Å². The fraction of sp³-hybridized carbons (Fsp3) is 0.167. The number of hydrogen-bond acceptors (Lipinski definition) is 3. The van der Waals surface area contributed by atoms with Crippen LogP contribution in [-0.2, 0) is 14.3 Å². The highest BCUT2D eigenvalue weighted by atomic mass is 16.5. The molecule has 3 rings (SSSR count). The Bertz CT molecular complexity index is 1050. The second-order valence-corrected chi connectivity index (χ2v) is 6.79. The summed E-state index contributed by atoms with van der Waals surface area (Å²) in [6, 6.07) is 19.6. The maximum Gasteiger partial charge on any atom is 0.331 e. The van der Waals surface area contributed by atoms with Crippen LogP contribution in [0.2, 0.25) is 0 Å². The SMILES string of the molecule is Cc1ccc(C)c(NC(=O)[C@@H](C)OC(=O)/C=C/c2cccc3ccccc23)c1. The second-order valence-electron chi connectivity index (χ2n) is 6.79. The van der Waals surface area contributed by atoms with E-state index in [1.807, 2.05) is 74.5 Å². The number of anilines is 1. The van der Waals surface area contributed by atoms with E-state index in [2.05, 4.69) is 5.32 Å². The molecule has 0 unspecified atom stereocenters. The second kappa shape index (κ2) is 8.53. The van der Waals surface area contributed by atoms with Crippen LogP contribution in [-0.4, -0.2) is 18.0 Å². The van der Waals surface area contributed by atoms with Gasteiger partial charge in [-0.25, -0.2) is 4.79 Å². The van der Waals surface area contributed by atoms with Crippen LogP contribution in [0.3, 0.4) is 0 Å². The molecule has 0 radical (unpaired) electrons. The van der Waals surface area contributed by atoms with Crippen molar-refractivity contribution >= 4 is 34.4 Å². The molecule has 0 aromatic heterocycles. The van der Waals surface area contributed by atoms with Gasteiger partial charge >= 0.3 is 5.97 Å². The third-order valence-electron chi connectivity index (χ3n) is 4.54. The minimum atomic E-state index is -0.899. The lowest BCUT2D eigenvalue weighted by molar-refractivity contribution is -0.148. The summed E-state index contributed by atoms with van der Waals surface area (Å²) in [5, 5.41) is 4.96. The number of carbonyl (C=O) groups excluding carboxylic acids is 2. The molecule has 0 heterocycles. The number of fused-ring (bicyclic) bond motifs is 1. The van der Waals surface area contributed by atoms with E-state index in [1.54, 1.807) is 13.0 Å². The van der Waals surface area contributed by atoms with E-state index in [0.717, 1.165) is 33.2 Å². The summed E-state index contributed by atoms with van der Waals surface area (Å²) in [6.45, 7) is 5.43. The monoisotopic (exact) mass is 373 g/mol. The van der Waals surface area contributed by atoms with Gasteiger partial charge in [0.25, 0.3) is 5.91 Å². The Morgan fingerprint density at radius 3 is 2.57 bits per heavy atom. The van der Waals surface area contributed by atoms with Crippen LogP contribution in [0.1, 0.15) is 23.6 Å². The molecule has 3 aromatic carbocycles. The minimum Gasteiger partial charge on any atom is -0.449 e. The smallest absolute Gasteiger partial charge is 0.331 e. The number of carbonyl (C=O) groups is 2. The molecule has 0 bridgehead atoms. The van der Waals surface area contributed by atoms with Crippen LogP contribution >= 0.6 is 0 Å². The summed E-state index contributed by atoms with van der Waals surface area (Å²) >= 11 is 0. The van der Waals surface area contributed by atoms with E-state index in [4.69, 9.17) is 4.74 Å². The van der Waals surface area contributed by atoms with Gasteiger partial charge in [-0.2, -0.15) is 0 Å². The third-order valence-corrected chi connectivity index (χ3v) is 4.54. The van der Waals surface area contributed by atoms with E-state index in [1.165, 1.54) is 6.08 Å². The van der Waals surface area contributed by atoms with Crippen molar-refractivity contribution in [2.75, 3.05) is 5.32 Å². The van der Waals surface area contributed by atoms with Crippen LogP contribution in [0.5, 0.6) is 0 Å². The van der Waals surface area contributed by atoms with E-state index in [-0.39, 0.29) is 5.91 Å². The Morgan fingerprint density at radius 1 is 1.00 bits per heavy atom. The highest BCUT2D eigenvalue weighted by molar-refractivity contribution is 5.98. The predicted octanol–water partition coefficient (Wildman–Crippen LogP) is 5.04. The van der Waals surface area contributed by atoms with Gasteiger partial charge in [-0.3, -0.25) is 4.79 Å². The number of rotatable bonds is 5. The average Bonchev–Trinajstić information content (AvgIpc) is 2.69. The Kier molecular flexibility index (Phi) is 5.90. The first-order chi connectivity index (χ1) is 13.4. The zero-order valence-electron chi connectivity index (χ0n) is 16.2. The van der Waals surface area contributed by atoms with E-state index in [0.29, 0.717) is 0 Å². The number of hydrogen-bond donors (Lipinski definition) is 1. The summed E-state index contributed by atoms with van der Waals surface area (Å²) < 4.78 is 5.25. The summed E-state index contributed by atoms with van der Waals surface area (Å²) in [7, 11) is 0. The topological polar surface area (TPSA) is 55.4 Å². The minimum absolute atomic E-state index is 0.361. The van der Waals surface area contributed by atoms with Crippen molar-refractivity contribution in [2.24, 2.45) is 0 Å². The van der Waals surface area contributed by atoms with Crippen molar-refractivity contribution in [3.63, 3.8) is 0 Å². The summed E-state index contributed by atoms with van der Waals surface area (Å²) in [4.78, 5) is 24.5. The summed E-state index contributed by atoms with van der Waals surface area (Å²) in [6.07, 6.45) is 2.16. The molecule has 0 saturated carbocycles. The van der Waals surface area contributed by atoms with Gasteiger partial charge in [0, 0.05) is 11.8 Å². The number of benzene rings is 3. The third kappa shape index (κ3) is 4.65. The van der Waals surface area contributed by atoms with Gasteiger partial charge < -0.3 is 10.1 Å². The molecule has 0 aliphatic rings. The fourth-order valence-corrected chi connectivity index (χ4v) is 2.93. The average molecular weight is 373 g/mol. The number of esters is 1. The van der Waals surface area contributed by atoms with Crippen molar-refractivity contribution in [3.05, 3.63) is 83.4 Å². The molecule has 1 atom stereocenters. The van der Waals surface area contributed by atoms with Crippen molar-refractivity contribution in [1.82, 2.24) is 0 Å². The zero-order valence-corrected chi connectivity index (χ0v) is 16.2. The molecule has 0 aliphatic heterocycles. The number of ether oxygens (including phenoxy) is 1. The van der Waals surface area contributed by atoms with E-state index < -0.39 is 12.1 Å². The van der Waals surface area contributed by atoms with Crippen molar-refractivity contribution in [2.45, 2.75) is 26.9 Å². The van der Waals surface area contributed by atoms with Gasteiger partial charge in [0.15, 0.2) is 6.10 Å². The van der Waals surface area contributed by atoms with Gasteiger partial charge in [0.2, 0.25) is 0 Å². The van der Waals surface area contributed by atoms with Crippen LogP contribution < -0.4 is 5.32 Å². The number of amides is 1. The normalized spacial score (nSPS) is 12.1. The molecule has 0 fully saturated rings. The van der Waals surface area contributed by atoms with E-state index in [9.17, 15) is 9.59 Å².